The topological polar surface area (TPSA) is 67.0 Å². The minimum Gasteiger partial charge on any atom is -0.481 e. The number of rotatable bonds is 4. The van der Waals surface area contributed by atoms with Crippen LogP contribution in [0.5, 0.6) is 5.88 Å². The Bertz CT molecular complexity index is 747. The first-order chi connectivity index (χ1) is 10.3. The first kappa shape index (κ1) is 13.2. The van der Waals surface area contributed by atoms with Gasteiger partial charge in [0.25, 0.3) is 5.91 Å². The van der Waals surface area contributed by atoms with Crippen molar-refractivity contribution in [3.05, 3.63) is 59.9 Å². The number of para-hydroxylation sites is 1. The second kappa shape index (κ2) is 5.66. The van der Waals surface area contributed by atoms with Crippen LogP contribution in [0.2, 0.25) is 0 Å². The summed E-state index contributed by atoms with van der Waals surface area (Å²) in [4.78, 5) is 19.3. The summed E-state index contributed by atoms with van der Waals surface area (Å²) in [5, 5.41) is 3.90. The van der Waals surface area contributed by atoms with E-state index in [-0.39, 0.29) is 5.91 Å². The van der Waals surface area contributed by atoms with Crippen LogP contribution < -0.4 is 10.1 Å². The molecule has 106 valence electrons. The van der Waals surface area contributed by atoms with Gasteiger partial charge in [-0.3, -0.25) is 4.79 Å². The number of fused-ring (bicyclic) bond motifs is 1. The third kappa shape index (κ3) is 2.86. The average Bonchev–Trinajstić information content (AvgIpc) is 2.97. The maximum atomic E-state index is 12.2. The fraction of sp³-hybridized carbons (Fsp3) is 0.125. The Kier molecular flexibility index (Phi) is 3.55. The predicted octanol–water partition coefficient (Wildman–Crippen LogP) is 2.50. The molecule has 0 spiro atoms. The van der Waals surface area contributed by atoms with Gasteiger partial charge in [0, 0.05) is 29.7 Å². The second-order valence-electron chi connectivity index (χ2n) is 4.66. The van der Waals surface area contributed by atoms with Gasteiger partial charge < -0.3 is 15.0 Å². The lowest BCUT2D eigenvalue weighted by Crippen LogP contribution is -2.23. The number of benzene rings is 1. The molecule has 0 saturated heterocycles. The Morgan fingerprint density at radius 3 is 2.95 bits per heavy atom. The molecule has 21 heavy (non-hydrogen) atoms. The molecule has 5 heteroatoms. The van der Waals surface area contributed by atoms with Crippen molar-refractivity contribution < 1.29 is 9.53 Å². The fourth-order valence-corrected chi connectivity index (χ4v) is 2.15. The van der Waals surface area contributed by atoms with Crippen molar-refractivity contribution in [1.29, 1.82) is 0 Å². The highest BCUT2D eigenvalue weighted by molar-refractivity contribution is 5.97. The fourth-order valence-electron chi connectivity index (χ4n) is 2.15. The highest BCUT2D eigenvalue weighted by atomic mass is 16.5. The van der Waals surface area contributed by atoms with E-state index in [0.717, 1.165) is 16.5 Å². The van der Waals surface area contributed by atoms with Crippen molar-refractivity contribution >= 4 is 16.8 Å². The van der Waals surface area contributed by atoms with E-state index in [1.165, 1.54) is 0 Å². The number of H-pyrrole nitrogens is 1. The van der Waals surface area contributed by atoms with Crippen molar-refractivity contribution in [3.8, 4) is 5.88 Å². The van der Waals surface area contributed by atoms with Crippen LogP contribution in [0.3, 0.4) is 0 Å². The number of amides is 1. The van der Waals surface area contributed by atoms with Gasteiger partial charge in [0.15, 0.2) is 0 Å². The van der Waals surface area contributed by atoms with Crippen molar-refractivity contribution in [3.63, 3.8) is 0 Å². The van der Waals surface area contributed by atoms with Crippen LogP contribution in [0.15, 0.2) is 48.7 Å². The standard InChI is InChI=1S/C16H15N3O2/c1-21-15-8-11(6-7-17-15)10-18-16(20)14-9-12-4-2-3-5-13(12)19-14/h2-9,19H,10H2,1H3,(H,18,20). The molecule has 0 radical (unpaired) electrons. The molecule has 0 saturated carbocycles. The molecular formula is C16H15N3O2. The third-order valence-electron chi connectivity index (χ3n) is 3.24. The number of nitrogens with zero attached hydrogens (tertiary/aromatic N) is 1. The SMILES string of the molecule is COc1cc(CNC(=O)c2cc3ccccc3[nH]2)ccn1. The Morgan fingerprint density at radius 1 is 1.29 bits per heavy atom. The predicted molar refractivity (Wildman–Crippen MR) is 80.3 cm³/mol. The van der Waals surface area contributed by atoms with E-state index in [4.69, 9.17) is 4.74 Å². The Labute approximate surface area is 122 Å². The number of aromatic nitrogens is 2. The minimum absolute atomic E-state index is 0.137. The van der Waals surface area contributed by atoms with Crippen molar-refractivity contribution in [2.45, 2.75) is 6.54 Å². The number of nitrogens with one attached hydrogen (secondary N) is 2. The van der Waals surface area contributed by atoms with E-state index in [1.807, 2.05) is 36.4 Å². The molecular weight excluding hydrogens is 266 g/mol. The minimum atomic E-state index is -0.137. The molecule has 2 N–H and O–H groups in total. The normalized spacial score (nSPS) is 10.5. The summed E-state index contributed by atoms with van der Waals surface area (Å²) in [5.74, 6) is 0.398. The molecule has 0 aliphatic heterocycles. The van der Waals surface area contributed by atoms with Gasteiger partial charge in [-0.05, 0) is 23.8 Å². The van der Waals surface area contributed by atoms with Crippen molar-refractivity contribution in [2.75, 3.05) is 7.11 Å². The summed E-state index contributed by atoms with van der Waals surface area (Å²) in [6.07, 6.45) is 1.66. The molecule has 5 nitrogen and oxygen atoms in total. The summed E-state index contributed by atoms with van der Waals surface area (Å²) in [7, 11) is 1.56. The molecule has 3 aromatic rings. The van der Waals surface area contributed by atoms with Gasteiger partial charge in [0.2, 0.25) is 5.88 Å². The van der Waals surface area contributed by atoms with E-state index in [2.05, 4.69) is 15.3 Å². The number of ether oxygens (including phenoxy) is 1. The molecule has 0 fully saturated rings. The van der Waals surface area contributed by atoms with Gasteiger partial charge >= 0.3 is 0 Å². The van der Waals surface area contributed by atoms with E-state index in [1.54, 1.807) is 19.4 Å². The number of carbonyl (C=O) groups excluding carboxylic acids is 1. The van der Waals surface area contributed by atoms with Gasteiger partial charge in [0.1, 0.15) is 5.69 Å². The van der Waals surface area contributed by atoms with Gasteiger partial charge in [-0.1, -0.05) is 18.2 Å². The first-order valence-electron chi connectivity index (χ1n) is 6.61. The zero-order chi connectivity index (χ0) is 14.7. The Balaban J connectivity index is 1.71. The lowest BCUT2D eigenvalue weighted by molar-refractivity contribution is 0.0946. The van der Waals surface area contributed by atoms with E-state index >= 15 is 0 Å². The molecule has 1 aromatic carbocycles. The summed E-state index contributed by atoms with van der Waals surface area (Å²) < 4.78 is 5.06. The van der Waals surface area contributed by atoms with Crippen LogP contribution in [-0.2, 0) is 6.54 Å². The maximum absolute atomic E-state index is 12.2. The van der Waals surface area contributed by atoms with E-state index < -0.39 is 0 Å². The zero-order valence-corrected chi connectivity index (χ0v) is 11.6. The summed E-state index contributed by atoms with van der Waals surface area (Å²) in [6.45, 7) is 0.424. The molecule has 2 aromatic heterocycles. The van der Waals surface area contributed by atoms with Gasteiger partial charge in [-0.25, -0.2) is 4.98 Å². The van der Waals surface area contributed by atoms with Crippen LogP contribution in [0.25, 0.3) is 10.9 Å². The largest absolute Gasteiger partial charge is 0.481 e. The molecule has 0 atom stereocenters. The zero-order valence-electron chi connectivity index (χ0n) is 11.6. The summed E-state index contributed by atoms with van der Waals surface area (Å²) in [6, 6.07) is 13.3. The molecule has 3 rings (SSSR count). The van der Waals surface area contributed by atoms with Crippen LogP contribution in [0.4, 0.5) is 0 Å². The molecule has 0 bridgehead atoms. The first-order valence-corrected chi connectivity index (χ1v) is 6.61. The number of hydrogen-bond donors (Lipinski definition) is 2. The monoisotopic (exact) mass is 281 g/mol. The molecule has 0 aliphatic rings. The number of hydrogen-bond acceptors (Lipinski definition) is 3. The van der Waals surface area contributed by atoms with Gasteiger partial charge in [-0.2, -0.15) is 0 Å². The Morgan fingerprint density at radius 2 is 2.14 bits per heavy atom. The second-order valence-corrected chi connectivity index (χ2v) is 4.66. The van der Waals surface area contributed by atoms with Gasteiger partial charge in [-0.15, -0.1) is 0 Å². The van der Waals surface area contributed by atoms with Gasteiger partial charge in [0.05, 0.1) is 7.11 Å². The number of aromatic amines is 1. The maximum Gasteiger partial charge on any atom is 0.267 e. The smallest absolute Gasteiger partial charge is 0.267 e. The molecule has 0 aliphatic carbocycles. The average molecular weight is 281 g/mol. The van der Waals surface area contributed by atoms with Crippen LogP contribution >= 0.6 is 0 Å². The highest BCUT2D eigenvalue weighted by Crippen LogP contribution is 2.14. The molecule has 2 heterocycles. The Hall–Kier alpha value is -2.82. The lowest BCUT2D eigenvalue weighted by Gasteiger charge is -2.05. The quantitative estimate of drug-likeness (QED) is 0.772. The highest BCUT2D eigenvalue weighted by Gasteiger charge is 2.09. The number of methoxy groups -OCH3 is 1. The van der Waals surface area contributed by atoms with Crippen LogP contribution in [0, 0.1) is 0 Å². The van der Waals surface area contributed by atoms with E-state index in [9.17, 15) is 4.79 Å². The summed E-state index contributed by atoms with van der Waals surface area (Å²) >= 11 is 0. The molecule has 0 unspecified atom stereocenters. The van der Waals surface area contributed by atoms with E-state index in [0.29, 0.717) is 18.1 Å². The third-order valence-corrected chi connectivity index (χ3v) is 3.24. The number of carbonyl (C=O) groups is 1. The van der Waals surface area contributed by atoms with Crippen molar-refractivity contribution in [2.24, 2.45) is 0 Å². The van der Waals surface area contributed by atoms with Crippen molar-refractivity contribution in [1.82, 2.24) is 15.3 Å². The van der Waals surface area contributed by atoms with Crippen LogP contribution in [0.1, 0.15) is 16.1 Å². The summed E-state index contributed by atoms with van der Waals surface area (Å²) in [5.41, 5.74) is 2.44. The molecule has 1 amide bonds. The number of pyridine rings is 1. The van der Waals surface area contributed by atoms with Crippen LogP contribution in [-0.4, -0.2) is 23.0 Å². The lowest BCUT2D eigenvalue weighted by atomic mass is 10.2.